The molecule has 0 amide bonds. The van der Waals surface area contributed by atoms with Crippen LogP contribution in [0.4, 0.5) is 49.5 Å². The first-order valence-electron chi connectivity index (χ1n) is 40.0. The van der Waals surface area contributed by atoms with Crippen LogP contribution in [-0.4, -0.2) is 188 Å². The van der Waals surface area contributed by atoms with Gasteiger partial charge in [0.25, 0.3) is 5.69 Å². The molecule has 3 aliphatic heterocycles. The SMILES string of the molecule is CC(C)OC(=O)[C@H](C)CP(=O)(OC[C@H]1O[C@@H](n2ccc(N)nc2=O)C(F)(F)[C@H]1O)Oc1ccccc1.CC(C)OC(=O)[C@H](C)CP(=O)(OC[C@H]1O[C@@H](n2ccc(NO)nc2=O)C(F)(F)[C@H]1O)Oc1ccccc1.CC(C)OC(=O)[C@H](C)CP(=O)(Oc1ccccc1)Oc1ccc([N+](=O)[O-])cc1Cl.Nc1ccn([C@@H]2O[C@H](CO)[C@H](O)C2(F)F)c(=O)n1.S=S=S=S=S=S=S.S=S=S=S=S=S=S=S=S=S=S=S=S=S=S=S=S=S. The average molecular weight is 2590 g/mol. The topological polar surface area (TPSA) is 526 Å². The number of anilines is 3. The maximum atomic E-state index is 14.9. The van der Waals surface area contributed by atoms with Gasteiger partial charge in [0.2, 0.25) is 18.7 Å². The number of nitro benzene ring substituents is 1. The maximum absolute atomic E-state index is 14.9. The van der Waals surface area contributed by atoms with Gasteiger partial charge in [-0.15, -0.1) is 0 Å². The molecule has 0 spiro atoms. The zero-order valence-corrected chi connectivity index (χ0v) is 99.2. The predicted molar refractivity (Wildman–Crippen MR) is 596 cm³/mol. The van der Waals surface area contributed by atoms with Crippen molar-refractivity contribution in [2.75, 3.05) is 55.3 Å². The number of alkyl halides is 6. The number of esters is 3. The largest absolute Gasteiger partial charge is 0.463 e. The van der Waals surface area contributed by atoms with Gasteiger partial charge < -0.3 is 78.4 Å². The van der Waals surface area contributed by atoms with Crippen LogP contribution in [0.2, 0.25) is 5.02 Å². The molecule has 0 saturated carbocycles. The molecular formula is C72H88ClF6N10O28P3S25. The third-order valence-electron chi connectivity index (χ3n) is 17.2. The molecule has 145 heavy (non-hydrogen) atoms. The predicted octanol–water partition coefficient (Wildman–Crippen LogP) is 9.55. The molecule has 808 valence electrons. The number of hydrogen-bond acceptors (Lipinski definition) is 38. The standard InChI is InChI=1S/C22H28F2N3O9P.C22H28F2N3O8P.C19H21ClNO7P.C9H11F2N3O4.S18.S7/c1-13(2)34-19(29)14(3)12-37(32,36-15-7-5-4-6-8-15)33-11-16-18(28)22(23,24)20(35-16)27-10-9-17(26-31)25-21(27)30;1-13(2)33-19(29)14(3)12-36(31,35-15-7-5-4-6-8-15)32-11-16-18(28)22(23,24)20(34-16)27-10-9-17(25)26-21(27)30;1-13(2)26-19(22)14(3)12-29(25,27-16-7-5-4-6-8-16)28-18-10-9-15(21(23)24)11-17(18)20;10-9(11)6(16)4(3-15)18-7(9)14-2-1-5(12)13-8(14)17;1-3-5-7-9-11-13-15-17-18-16-14-12-10-8-6-4-2;1-3-5-7-6-4-2/h4-10,13-14,16,18,20,28,31H,11-12H2,1-3H3,(H,25,26,30);4-10,13-14,16,18,20,28H,11-12H2,1-3H3,(H2,25,26,30);4-11,13-14H,12H2,1-3H3;1-2,4,6-7,15-16H,3H2,(H2,12,13,17);;/t14-,16-,18+,20-,37?;14-,16-,18+,20-,36?;14-,29?;4-,6+,7-;;/m1111../s1. The third-order valence-corrected chi connectivity index (χ3v) is 65.7. The highest BCUT2D eigenvalue weighted by molar-refractivity contribution is 8.77. The van der Waals surface area contributed by atoms with Crippen molar-refractivity contribution < 1.29 is 141 Å². The van der Waals surface area contributed by atoms with Gasteiger partial charge in [0.1, 0.15) is 52.9 Å². The van der Waals surface area contributed by atoms with E-state index in [0.717, 1.165) is 42.9 Å². The van der Waals surface area contributed by atoms with E-state index in [9.17, 15) is 94.2 Å². The van der Waals surface area contributed by atoms with E-state index in [4.69, 9.17) is 111 Å². The number of hydrogen-bond donors (Lipinski definition) is 8. The van der Waals surface area contributed by atoms with Crippen LogP contribution in [0.25, 0.3) is 0 Å². The van der Waals surface area contributed by atoms with Crippen molar-refractivity contribution >= 4 is 307 Å². The van der Waals surface area contributed by atoms with Crippen LogP contribution in [-0.2, 0) is 297 Å². The van der Waals surface area contributed by atoms with E-state index in [0.29, 0.717) is 13.7 Å². The lowest BCUT2D eigenvalue weighted by molar-refractivity contribution is -0.384. The summed E-state index contributed by atoms with van der Waals surface area (Å²) in [5.41, 5.74) is 8.68. The molecule has 38 nitrogen and oxygen atoms in total. The maximum Gasteiger partial charge on any atom is 0.431 e. The monoisotopic (exact) mass is 2580 g/mol. The number of nitrogens with two attached hydrogens (primary N) is 2. The van der Waals surface area contributed by atoms with E-state index in [-0.39, 0.29) is 63.4 Å². The number of nitrogens with one attached hydrogen (secondary N) is 1. The zero-order valence-electron chi connectivity index (χ0n) is 75.4. The fourth-order valence-corrected chi connectivity index (χ4v) is 63.7. The molecule has 10 N–H and O–H groups in total. The van der Waals surface area contributed by atoms with Crippen LogP contribution < -0.4 is 52.1 Å². The Hall–Kier alpha value is -4.41. The second kappa shape index (κ2) is 66.6. The summed E-state index contributed by atoms with van der Waals surface area (Å²) in [5, 5.41) is 58.2. The zero-order chi connectivity index (χ0) is 108. The number of aliphatic hydroxyl groups excluding tert-OH is 4. The minimum atomic E-state index is -4.18. The lowest BCUT2D eigenvalue weighted by Crippen LogP contribution is -2.42. The van der Waals surface area contributed by atoms with Crippen molar-refractivity contribution in [2.24, 2.45) is 17.8 Å². The molecule has 3 saturated heterocycles. The Morgan fingerprint density at radius 3 is 1.04 bits per heavy atom. The van der Waals surface area contributed by atoms with Gasteiger partial charge in [-0.05, 0) is 102 Å². The van der Waals surface area contributed by atoms with Crippen LogP contribution in [0.5, 0.6) is 23.0 Å². The molecule has 0 radical (unpaired) electrons. The highest BCUT2D eigenvalue weighted by Crippen LogP contribution is 2.55. The van der Waals surface area contributed by atoms with E-state index in [1.54, 1.807) is 272 Å². The summed E-state index contributed by atoms with van der Waals surface area (Å²) < 4.78 is 193. The molecule has 7 aromatic rings. The molecule has 3 unspecified atom stereocenters. The van der Waals surface area contributed by atoms with Crippen LogP contribution in [0.3, 0.4) is 0 Å². The number of aliphatic hydroxyl groups is 4. The number of para-hydroxylation sites is 3. The molecular weight excluding hydrogens is 2500 g/mol. The van der Waals surface area contributed by atoms with Crippen molar-refractivity contribution in [3.05, 3.63) is 193 Å². The normalized spacial score (nSPS) is 19.6. The number of nitrogen functional groups attached to an aromatic ring is 2. The van der Waals surface area contributed by atoms with E-state index in [1.807, 2.05) is 0 Å². The molecule has 6 heterocycles. The lowest BCUT2D eigenvalue weighted by atomic mass is 10.1. The summed E-state index contributed by atoms with van der Waals surface area (Å²) in [6.45, 7) is 12.1. The van der Waals surface area contributed by atoms with Crippen LogP contribution in [0.15, 0.2) is 160 Å². The minimum Gasteiger partial charge on any atom is -0.463 e. The number of nitrogens with zero attached hydrogens (tertiary/aromatic N) is 7. The van der Waals surface area contributed by atoms with E-state index in [2.05, 4.69) is 37.3 Å². The van der Waals surface area contributed by atoms with Gasteiger partial charge in [-0.1, -0.05) is 87.0 Å². The smallest absolute Gasteiger partial charge is 0.431 e. The third kappa shape index (κ3) is 45.3. The van der Waals surface area contributed by atoms with Crippen molar-refractivity contribution in [3.8, 4) is 23.0 Å². The molecule has 73 heteroatoms. The molecule has 3 aromatic heterocycles. The van der Waals surface area contributed by atoms with Crippen molar-refractivity contribution in [3.63, 3.8) is 0 Å². The van der Waals surface area contributed by atoms with Crippen LogP contribution in [0.1, 0.15) is 81.0 Å². The summed E-state index contributed by atoms with van der Waals surface area (Å²) in [5.74, 6) is -16.2. The number of aromatic nitrogens is 6. The summed E-state index contributed by atoms with van der Waals surface area (Å²) in [6.07, 6.45) is -17.9. The molecule has 15 atom stereocenters. The summed E-state index contributed by atoms with van der Waals surface area (Å²) in [6, 6.07) is 30.9. The van der Waals surface area contributed by atoms with Gasteiger partial charge in [-0.3, -0.25) is 57.9 Å². The fraction of sp³-hybridized carbons (Fsp3) is 0.458. The van der Waals surface area contributed by atoms with Crippen molar-refractivity contribution in [1.29, 1.82) is 0 Å². The van der Waals surface area contributed by atoms with Crippen LogP contribution >= 0.6 is 34.4 Å². The van der Waals surface area contributed by atoms with Gasteiger partial charge in [-0.2, -0.15) is 41.3 Å². The van der Waals surface area contributed by atoms with E-state index >= 15 is 0 Å². The molecule has 10 rings (SSSR count). The highest BCUT2D eigenvalue weighted by Gasteiger charge is 2.63. The number of ether oxygens (including phenoxy) is 6. The Balaban J connectivity index is 0.000000322. The lowest BCUT2D eigenvalue weighted by Gasteiger charge is -2.24. The number of benzene rings is 4. The summed E-state index contributed by atoms with van der Waals surface area (Å²) in [7, 11) is 22.3. The van der Waals surface area contributed by atoms with Crippen molar-refractivity contribution in [1.82, 2.24) is 28.7 Å². The van der Waals surface area contributed by atoms with E-state index < -0.39 is 198 Å². The number of nitro groups is 1. The Morgan fingerprint density at radius 1 is 0.469 bits per heavy atom. The molecule has 0 bridgehead atoms. The molecule has 3 aliphatic rings. The van der Waals surface area contributed by atoms with Crippen LogP contribution in [0, 0.1) is 27.9 Å². The quantitative estimate of drug-likeness (QED) is 0.00485. The summed E-state index contributed by atoms with van der Waals surface area (Å²) >= 11 is 24.7. The van der Waals surface area contributed by atoms with Gasteiger partial charge >= 0.3 is 75.5 Å². The first kappa shape index (κ1) is 131. The Morgan fingerprint density at radius 2 is 0.759 bits per heavy atom. The van der Waals surface area contributed by atoms with E-state index in [1.165, 1.54) is 85.8 Å². The molecule has 4 aromatic carbocycles. The highest BCUT2D eigenvalue weighted by atomic mass is 35.5. The number of non-ortho nitro benzene ring substituents is 1. The Kier molecular flexibility index (Phi) is 60.2. The summed E-state index contributed by atoms with van der Waals surface area (Å²) in [4.78, 5) is 92.6. The first-order chi connectivity index (χ1) is 68.5. The second-order valence-corrected chi connectivity index (χ2v) is 72.6. The molecule has 3 fully saturated rings. The number of carbonyl (C=O) groups excluding carboxylic acids is 3. The molecule has 0 aliphatic carbocycles. The van der Waals surface area contributed by atoms with Gasteiger partial charge in [0.15, 0.2) is 24.1 Å². The minimum absolute atomic E-state index is 0.0547. The van der Waals surface area contributed by atoms with Crippen molar-refractivity contribution in [2.45, 2.75) is 154 Å². The number of carbonyl (C=O) groups is 3. The Bertz CT molecular complexity index is 6910. The Labute approximate surface area is 907 Å². The second-order valence-electron chi connectivity index (χ2n) is 29.1. The average Bonchev–Trinajstić information content (AvgIpc) is 1.62. The fourth-order valence-electron chi connectivity index (χ4n) is 11.1. The van der Waals surface area contributed by atoms with Gasteiger partial charge in [0, 0.05) is 262 Å². The van der Waals surface area contributed by atoms with Gasteiger partial charge in [-0.25, -0.2) is 28.1 Å². The van der Waals surface area contributed by atoms with Gasteiger partial charge in [0.05, 0.1) is 84.3 Å². The first-order valence-corrected chi connectivity index (χ1v) is 76.2. The number of rotatable bonds is 32. The number of halogens is 7.